The van der Waals surface area contributed by atoms with Gasteiger partial charge in [0.1, 0.15) is 11.6 Å². The molecule has 0 unspecified atom stereocenters. The number of carbonyl (C=O) groups is 1. The van der Waals surface area contributed by atoms with E-state index in [2.05, 4.69) is 23.4 Å². The normalized spacial score (nSPS) is 18.0. The minimum Gasteiger partial charge on any atom is -0.342 e. The van der Waals surface area contributed by atoms with Crippen molar-refractivity contribution in [3.05, 3.63) is 53.4 Å². The largest absolute Gasteiger partial charge is 0.342 e. The Morgan fingerprint density at radius 2 is 2.20 bits per heavy atom. The van der Waals surface area contributed by atoms with Gasteiger partial charge in [0.2, 0.25) is 5.91 Å². The van der Waals surface area contributed by atoms with Gasteiger partial charge in [0.25, 0.3) is 0 Å². The maximum Gasteiger partial charge on any atom is 0.227 e. The predicted octanol–water partition coefficient (Wildman–Crippen LogP) is 3.86. The van der Waals surface area contributed by atoms with Crippen molar-refractivity contribution in [2.45, 2.75) is 52.0 Å². The number of hydrogen-bond acceptors (Lipinski definition) is 2. The zero-order valence-corrected chi connectivity index (χ0v) is 15.2. The molecule has 2 aromatic rings. The number of aryl methyl sites for hydroxylation is 1. The van der Waals surface area contributed by atoms with Crippen molar-refractivity contribution in [1.29, 1.82) is 0 Å². The monoisotopic (exact) mass is 343 g/mol. The number of halogens is 1. The van der Waals surface area contributed by atoms with Crippen molar-refractivity contribution in [2.75, 3.05) is 13.1 Å². The fraction of sp³-hybridized carbons (Fsp3) is 0.500. The molecule has 2 heterocycles. The number of likely N-dealkylation sites (tertiary alicyclic amines) is 1. The highest BCUT2D eigenvalue weighted by molar-refractivity contribution is 5.79. The van der Waals surface area contributed by atoms with Crippen LogP contribution in [0.15, 0.2) is 30.6 Å². The van der Waals surface area contributed by atoms with E-state index in [1.165, 1.54) is 6.07 Å². The van der Waals surface area contributed by atoms with E-state index in [9.17, 15) is 9.18 Å². The van der Waals surface area contributed by atoms with E-state index >= 15 is 0 Å². The van der Waals surface area contributed by atoms with Crippen molar-refractivity contribution in [2.24, 2.45) is 0 Å². The summed E-state index contributed by atoms with van der Waals surface area (Å²) < 4.78 is 15.6. The molecule has 4 nitrogen and oxygen atoms in total. The topological polar surface area (TPSA) is 38.1 Å². The van der Waals surface area contributed by atoms with Gasteiger partial charge in [-0.25, -0.2) is 9.37 Å². The summed E-state index contributed by atoms with van der Waals surface area (Å²) in [5.74, 6) is 1.24. The molecule has 1 fully saturated rings. The van der Waals surface area contributed by atoms with Crippen LogP contribution in [0.5, 0.6) is 0 Å². The molecule has 134 valence electrons. The Morgan fingerprint density at radius 3 is 2.92 bits per heavy atom. The van der Waals surface area contributed by atoms with Gasteiger partial charge in [-0.05, 0) is 50.8 Å². The molecule has 3 rings (SSSR count). The molecular weight excluding hydrogens is 317 g/mol. The molecule has 0 saturated carbocycles. The molecule has 25 heavy (non-hydrogen) atoms. The van der Waals surface area contributed by atoms with Crippen LogP contribution in [-0.4, -0.2) is 33.4 Å². The molecule has 1 aliphatic heterocycles. The fourth-order valence-electron chi connectivity index (χ4n) is 3.60. The quantitative estimate of drug-likeness (QED) is 0.845. The lowest BCUT2D eigenvalue weighted by Crippen LogP contribution is -2.40. The first-order valence-electron chi connectivity index (χ1n) is 9.01. The zero-order chi connectivity index (χ0) is 18.0. The Hall–Kier alpha value is -2.17. The number of hydrogen-bond donors (Lipinski definition) is 0. The first-order valence-corrected chi connectivity index (χ1v) is 9.01. The third kappa shape index (κ3) is 3.91. The number of nitrogens with zero attached hydrogens (tertiary/aromatic N) is 3. The number of carbonyl (C=O) groups excluding carboxylic acids is 1. The highest BCUT2D eigenvalue weighted by Gasteiger charge is 2.27. The first-order chi connectivity index (χ1) is 12.0. The van der Waals surface area contributed by atoms with E-state index in [0.29, 0.717) is 24.6 Å². The van der Waals surface area contributed by atoms with Gasteiger partial charge in [-0.2, -0.15) is 0 Å². The number of amides is 1. The molecule has 0 aliphatic carbocycles. The van der Waals surface area contributed by atoms with Gasteiger partial charge in [0, 0.05) is 37.4 Å². The third-order valence-electron chi connectivity index (χ3n) is 4.97. The fourth-order valence-corrected chi connectivity index (χ4v) is 3.60. The van der Waals surface area contributed by atoms with Gasteiger partial charge in [-0.3, -0.25) is 4.79 Å². The van der Waals surface area contributed by atoms with E-state index < -0.39 is 0 Å². The van der Waals surface area contributed by atoms with Crippen LogP contribution in [0, 0.1) is 12.7 Å². The van der Waals surface area contributed by atoms with Gasteiger partial charge < -0.3 is 9.47 Å². The van der Waals surface area contributed by atoms with Crippen LogP contribution in [-0.2, 0) is 11.2 Å². The van der Waals surface area contributed by atoms with Crippen molar-refractivity contribution >= 4 is 5.91 Å². The maximum atomic E-state index is 13.4. The Labute approximate surface area is 148 Å². The van der Waals surface area contributed by atoms with Gasteiger partial charge in [0.05, 0.1) is 6.42 Å². The van der Waals surface area contributed by atoms with Gasteiger partial charge in [0.15, 0.2) is 0 Å². The highest BCUT2D eigenvalue weighted by Crippen LogP contribution is 2.28. The molecule has 0 spiro atoms. The average Bonchev–Trinajstić information content (AvgIpc) is 3.08. The van der Waals surface area contributed by atoms with Crippen molar-refractivity contribution < 1.29 is 9.18 Å². The predicted molar refractivity (Wildman–Crippen MR) is 96.0 cm³/mol. The summed E-state index contributed by atoms with van der Waals surface area (Å²) in [6.07, 6.45) is 6.24. The highest BCUT2D eigenvalue weighted by atomic mass is 19.1. The molecule has 0 radical (unpaired) electrons. The summed E-state index contributed by atoms with van der Waals surface area (Å²) in [4.78, 5) is 19.2. The summed E-state index contributed by atoms with van der Waals surface area (Å²) in [5.41, 5.74) is 1.45. The van der Waals surface area contributed by atoms with Gasteiger partial charge in [-0.15, -0.1) is 0 Å². The Kier molecular flexibility index (Phi) is 5.21. The molecule has 0 bridgehead atoms. The summed E-state index contributed by atoms with van der Waals surface area (Å²) in [6, 6.07) is 5.27. The summed E-state index contributed by atoms with van der Waals surface area (Å²) in [7, 11) is 0. The molecule has 1 atom stereocenters. The van der Waals surface area contributed by atoms with Crippen LogP contribution < -0.4 is 0 Å². The average molecular weight is 343 g/mol. The number of aromatic nitrogens is 2. The lowest BCUT2D eigenvalue weighted by molar-refractivity contribution is -0.131. The van der Waals surface area contributed by atoms with E-state index in [-0.39, 0.29) is 17.6 Å². The Bertz CT molecular complexity index is 753. The van der Waals surface area contributed by atoms with Gasteiger partial charge in [-0.1, -0.05) is 12.1 Å². The van der Waals surface area contributed by atoms with Crippen LogP contribution in [0.1, 0.15) is 55.6 Å². The summed E-state index contributed by atoms with van der Waals surface area (Å²) >= 11 is 0. The number of benzene rings is 1. The molecule has 1 aromatic heterocycles. The second-order valence-corrected chi connectivity index (χ2v) is 7.23. The summed E-state index contributed by atoms with van der Waals surface area (Å²) in [6.45, 7) is 7.52. The van der Waals surface area contributed by atoms with Crippen LogP contribution in [0.2, 0.25) is 0 Å². The Balaban J connectivity index is 1.69. The van der Waals surface area contributed by atoms with E-state index in [1.54, 1.807) is 19.1 Å². The van der Waals surface area contributed by atoms with Crippen molar-refractivity contribution in [1.82, 2.24) is 14.5 Å². The molecule has 1 amide bonds. The first kappa shape index (κ1) is 17.6. The number of rotatable bonds is 4. The molecule has 1 saturated heterocycles. The van der Waals surface area contributed by atoms with Crippen LogP contribution in [0.25, 0.3) is 0 Å². The van der Waals surface area contributed by atoms with Crippen LogP contribution >= 0.6 is 0 Å². The molecule has 1 aliphatic rings. The Morgan fingerprint density at radius 1 is 1.40 bits per heavy atom. The van der Waals surface area contributed by atoms with E-state index in [1.807, 2.05) is 17.3 Å². The van der Waals surface area contributed by atoms with Crippen LogP contribution in [0.3, 0.4) is 0 Å². The smallest absolute Gasteiger partial charge is 0.227 e. The second kappa shape index (κ2) is 7.38. The lowest BCUT2D eigenvalue weighted by Gasteiger charge is -2.33. The standard InChI is InChI=1S/C20H26FN3O/c1-14(2)24-10-8-22-20(24)17-5-4-9-23(13-17)19(25)12-16-6-7-18(21)15(3)11-16/h6-8,10-11,14,17H,4-5,9,12-13H2,1-3H3/t17-/m1/s1. The number of imidazole rings is 1. The SMILES string of the molecule is Cc1cc(CC(=O)N2CCC[C@@H](c3nccn3C(C)C)C2)ccc1F. The van der Waals surface area contributed by atoms with E-state index in [4.69, 9.17) is 0 Å². The van der Waals surface area contributed by atoms with E-state index in [0.717, 1.165) is 30.8 Å². The zero-order valence-electron chi connectivity index (χ0n) is 15.2. The van der Waals surface area contributed by atoms with Crippen LogP contribution in [0.4, 0.5) is 4.39 Å². The second-order valence-electron chi connectivity index (χ2n) is 7.23. The third-order valence-corrected chi connectivity index (χ3v) is 4.97. The minimum absolute atomic E-state index is 0.110. The molecule has 5 heteroatoms. The van der Waals surface area contributed by atoms with Gasteiger partial charge >= 0.3 is 0 Å². The van der Waals surface area contributed by atoms with Crippen molar-refractivity contribution in [3.8, 4) is 0 Å². The maximum absolute atomic E-state index is 13.4. The lowest BCUT2D eigenvalue weighted by atomic mass is 9.96. The molecular formula is C20H26FN3O. The number of piperidine rings is 1. The van der Waals surface area contributed by atoms with Crippen molar-refractivity contribution in [3.63, 3.8) is 0 Å². The molecule has 1 aromatic carbocycles. The minimum atomic E-state index is -0.227. The summed E-state index contributed by atoms with van der Waals surface area (Å²) in [5, 5.41) is 0. The molecule has 0 N–H and O–H groups in total.